The first-order valence-electron chi connectivity index (χ1n) is 11.6. The predicted molar refractivity (Wildman–Crippen MR) is 128 cm³/mol. The SMILES string of the molecule is Cc1cc(C)cc([C@]23C[C@H]4C(=O)N[C@@H](Cc5ccccc5)C(=O)N4[C@H]2Nc2ccccc23)c1. The van der Waals surface area contributed by atoms with Gasteiger partial charge in [-0.25, -0.2) is 0 Å². The van der Waals surface area contributed by atoms with Gasteiger partial charge in [0.1, 0.15) is 18.2 Å². The van der Waals surface area contributed by atoms with E-state index in [4.69, 9.17) is 0 Å². The molecule has 6 rings (SSSR count). The Morgan fingerprint density at radius 3 is 2.36 bits per heavy atom. The summed E-state index contributed by atoms with van der Waals surface area (Å²) in [7, 11) is 0. The third kappa shape index (κ3) is 2.92. The molecule has 166 valence electrons. The van der Waals surface area contributed by atoms with E-state index in [1.54, 1.807) is 0 Å². The van der Waals surface area contributed by atoms with Crippen molar-refractivity contribution >= 4 is 17.5 Å². The quantitative estimate of drug-likeness (QED) is 0.657. The zero-order chi connectivity index (χ0) is 22.7. The van der Waals surface area contributed by atoms with Crippen LogP contribution in [0.25, 0.3) is 0 Å². The van der Waals surface area contributed by atoms with Gasteiger partial charge in [-0.05, 0) is 43.0 Å². The lowest BCUT2D eigenvalue weighted by Crippen LogP contribution is -2.64. The van der Waals surface area contributed by atoms with E-state index in [0.717, 1.165) is 22.4 Å². The number of hydrogen-bond acceptors (Lipinski definition) is 3. The van der Waals surface area contributed by atoms with Crippen LogP contribution in [0.15, 0.2) is 72.8 Å². The molecule has 3 aliphatic heterocycles. The molecule has 4 atom stereocenters. The van der Waals surface area contributed by atoms with Gasteiger partial charge in [-0.3, -0.25) is 9.59 Å². The van der Waals surface area contributed by atoms with Gasteiger partial charge >= 0.3 is 0 Å². The minimum atomic E-state index is -0.559. The Hall–Kier alpha value is -3.60. The molecule has 5 nitrogen and oxygen atoms in total. The number of carbonyl (C=O) groups excluding carboxylic acids is 2. The standard InChI is InChI=1S/C28H27N3O2/c1-17-12-18(2)14-20(13-17)28-16-24-25(32)29-23(15-19-8-4-3-5-9-19)26(33)31(24)27(28)30-22-11-7-6-10-21(22)28/h3-14,23-24,27,30H,15-16H2,1-2H3,(H,29,32)/t23-,24-,27+,28-/m0/s1. The van der Waals surface area contributed by atoms with Gasteiger partial charge < -0.3 is 15.5 Å². The Labute approximate surface area is 193 Å². The van der Waals surface area contributed by atoms with Crippen LogP contribution in [0.2, 0.25) is 0 Å². The number of hydrogen-bond donors (Lipinski definition) is 2. The van der Waals surface area contributed by atoms with E-state index in [9.17, 15) is 9.59 Å². The molecule has 5 heteroatoms. The highest BCUT2D eigenvalue weighted by atomic mass is 16.2. The van der Waals surface area contributed by atoms with Gasteiger partial charge in [0.05, 0.1) is 5.41 Å². The highest BCUT2D eigenvalue weighted by molar-refractivity contribution is 5.99. The zero-order valence-corrected chi connectivity index (χ0v) is 18.8. The number of para-hydroxylation sites is 1. The summed E-state index contributed by atoms with van der Waals surface area (Å²) < 4.78 is 0. The molecule has 0 spiro atoms. The van der Waals surface area contributed by atoms with Crippen molar-refractivity contribution in [3.05, 3.63) is 101 Å². The molecule has 2 amide bonds. The van der Waals surface area contributed by atoms with Crippen molar-refractivity contribution in [2.24, 2.45) is 0 Å². The summed E-state index contributed by atoms with van der Waals surface area (Å²) in [5, 5.41) is 6.67. The second-order valence-corrected chi connectivity index (χ2v) is 9.66. The van der Waals surface area contributed by atoms with Crippen molar-refractivity contribution in [1.29, 1.82) is 0 Å². The molecule has 2 saturated heterocycles. The number of amides is 2. The second-order valence-electron chi connectivity index (χ2n) is 9.66. The number of nitrogens with one attached hydrogen (secondary N) is 2. The number of carbonyl (C=O) groups is 2. The van der Waals surface area contributed by atoms with Gasteiger partial charge in [0.25, 0.3) is 0 Å². The van der Waals surface area contributed by atoms with Gasteiger partial charge in [0.15, 0.2) is 0 Å². The van der Waals surface area contributed by atoms with Gasteiger partial charge in [-0.15, -0.1) is 0 Å². The summed E-state index contributed by atoms with van der Waals surface area (Å²) >= 11 is 0. The smallest absolute Gasteiger partial charge is 0.247 e. The van der Waals surface area contributed by atoms with E-state index in [0.29, 0.717) is 12.8 Å². The lowest BCUT2D eigenvalue weighted by molar-refractivity contribution is -0.148. The maximum absolute atomic E-state index is 13.8. The van der Waals surface area contributed by atoms with E-state index in [2.05, 4.69) is 54.8 Å². The van der Waals surface area contributed by atoms with Crippen molar-refractivity contribution in [3.8, 4) is 0 Å². The summed E-state index contributed by atoms with van der Waals surface area (Å²) in [6.07, 6.45) is 0.767. The monoisotopic (exact) mass is 437 g/mol. The minimum absolute atomic E-state index is 0.0139. The van der Waals surface area contributed by atoms with Crippen molar-refractivity contribution in [1.82, 2.24) is 10.2 Å². The van der Waals surface area contributed by atoms with Gasteiger partial charge in [0, 0.05) is 12.1 Å². The zero-order valence-electron chi connectivity index (χ0n) is 18.8. The van der Waals surface area contributed by atoms with E-state index in [1.807, 2.05) is 47.4 Å². The van der Waals surface area contributed by atoms with Gasteiger partial charge in [-0.1, -0.05) is 77.9 Å². The third-order valence-electron chi connectivity index (χ3n) is 7.49. The Morgan fingerprint density at radius 1 is 0.909 bits per heavy atom. The molecule has 2 N–H and O–H groups in total. The van der Waals surface area contributed by atoms with Crippen molar-refractivity contribution in [3.63, 3.8) is 0 Å². The van der Waals surface area contributed by atoms with Crippen LogP contribution in [-0.2, 0) is 21.4 Å². The second kappa shape index (κ2) is 7.20. The highest BCUT2D eigenvalue weighted by Crippen LogP contribution is 2.55. The molecular formula is C28H27N3O2. The first-order valence-corrected chi connectivity index (χ1v) is 11.6. The predicted octanol–water partition coefficient (Wildman–Crippen LogP) is 3.68. The molecular weight excluding hydrogens is 410 g/mol. The normalized spacial score (nSPS) is 27.5. The average molecular weight is 438 g/mol. The van der Waals surface area contributed by atoms with E-state index < -0.39 is 17.5 Å². The van der Waals surface area contributed by atoms with Crippen LogP contribution in [0.4, 0.5) is 5.69 Å². The number of nitrogens with zero attached hydrogens (tertiary/aromatic N) is 1. The maximum Gasteiger partial charge on any atom is 0.247 e. The number of fused-ring (bicyclic) bond motifs is 5. The molecule has 3 aromatic rings. The van der Waals surface area contributed by atoms with Crippen LogP contribution in [0.1, 0.15) is 34.2 Å². The highest BCUT2D eigenvalue weighted by Gasteiger charge is 2.63. The number of piperazine rings is 1. The van der Waals surface area contributed by atoms with E-state index in [1.165, 1.54) is 11.1 Å². The van der Waals surface area contributed by atoms with Crippen molar-refractivity contribution in [2.75, 3.05) is 5.32 Å². The molecule has 3 heterocycles. The van der Waals surface area contributed by atoms with Crippen LogP contribution < -0.4 is 10.6 Å². The topological polar surface area (TPSA) is 61.4 Å². The van der Waals surface area contributed by atoms with Crippen LogP contribution >= 0.6 is 0 Å². The van der Waals surface area contributed by atoms with E-state index >= 15 is 0 Å². The third-order valence-corrected chi connectivity index (χ3v) is 7.49. The summed E-state index contributed by atoms with van der Waals surface area (Å²) in [5.74, 6) is -0.0760. The number of anilines is 1. The molecule has 0 radical (unpaired) electrons. The Morgan fingerprint density at radius 2 is 1.61 bits per heavy atom. The minimum Gasteiger partial charge on any atom is -0.364 e. The fraction of sp³-hybridized carbons (Fsp3) is 0.286. The molecule has 0 saturated carbocycles. The molecule has 0 aromatic heterocycles. The van der Waals surface area contributed by atoms with Crippen molar-refractivity contribution < 1.29 is 9.59 Å². The van der Waals surface area contributed by atoms with E-state index in [-0.39, 0.29) is 18.0 Å². The molecule has 3 aromatic carbocycles. The maximum atomic E-state index is 13.8. The first-order chi connectivity index (χ1) is 16.0. The molecule has 0 bridgehead atoms. The van der Waals surface area contributed by atoms with Crippen molar-refractivity contribution in [2.45, 2.75) is 50.4 Å². The summed E-state index contributed by atoms with van der Waals surface area (Å²) in [4.78, 5) is 29.0. The number of rotatable bonds is 3. The molecule has 0 unspecified atom stereocenters. The molecule has 2 fully saturated rings. The average Bonchev–Trinajstić information content (AvgIpc) is 3.30. The Bertz CT molecular complexity index is 1250. The molecule has 3 aliphatic rings. The van der Waals surface area contributed by atoms with Crippen LogP contribution in [0.3, 0.4) is 0 Å². The fourth-order valence-electron chi connectivity index (χ4n) is 6.19. The summed E-state index contributed by atoms with van der Waals surface area (Å²) in [5.41, 5.74) is 6.31. The molecule has 0 aliphatic carbocycles. The van der Waals surface area contributed by atoms with Gasteiger partial charge in [0.2, 0.25) is 11.8 Å². The Kier molecular flexibility index (Phi) is 4.37. The number of aryl methyl sites for hydroxylation is 2. The van der Waals surface area contributed by atoms with Crippen LogP contribution in [0.5, 0.6) is 0 Å². The lowest BCUT2D eigenvalue weighted by Gasteiger charge is -2.38. The largest absolute Gasteiger partial charge is 0.364 e. The number of benzene rings is 3. The summed E-state index contributed by atoms with van der Waals surface area (Å²) in [6, 6.07) is 23.7. The first kappa shape index (κ1) is 20.0. The van der Waals surface area contributed by atoms with Crippen LogP contribution in [0, 0.1) is 13.8 Å². The fourth-order valence-corrected chi connectivity index (χ4v) is 6.19. The molecule has 33 heavy (non-hydrogen) atoms. The summed E-state index contributed by atoms with van der Waals surface area (Å²) in [6.45, 7) is 4.21. The lowest BCUT2D eigenvalue weighted by atomic mass is 9.71. The van der Waals surface area contributed by atoms with Crippen LogP contribution in [-0.4, -0.2) is 35.0 Å². The Balaban J connectivity index is 1.46. The van der Waals surface area contributed by atoms with Gasteiger partial charge in [-0.2, -0.15) is 0 Å².